The molecule has 1 N–H and O–H groups in total. The molecular weight excluding hydrogens is 356 g/mol. The van der Waals surface area contributed by atoms with E-state index in [0.717, 1.165) is 18.6 Å². The molecule has 0 unspecified atom stereocenters. The summed E-state index contributed by atoms with van der Waals surface area (Å²) in [6.07, 6.45) is 2.33. The summed E-state index contributed by atoms with van der Waals surface area (Å²) in [5.41, 5.74) is 1.40. The van der Waals surface area contributed by atoms with Crippen molar-refractivity contribution in [3.8, 4) is 5.75 Å². The van der Waals surface area contributed by atoms with Gasteiger partial charge in [0.15, 0.2) is 0 Å². The van der Waals surface area contributed by atoms with Crippen LogP contribution in [0.15, 0.2) is 24.3 Å². The monoisotopic (exact) mass is 390 g/mol. The lowest BCUT2D eigenvalue weighted by atomic mass is 9.87. The van der Waals surface area contributed by atoms with Crippen molar-refractivity contribution in [2.24, 2.45) is 0 Å². The first kappa shape index (κ1) is 22.1. The topological polar surface area (TPSA) is 67.9 Å². The Kier molecular flexibility index (Phi) is 8.15. The number of nitrogens with one attached hydrogen (secondary N) is 1. The molecule has 2 rings (SSSR count). The van der Waals surface area contributed by atoms with E-state index in [-0.39, 0.29) is 23.5 Å². The summed E-state index contributed by atoms with van der Waals surface area (Å²) in [7, 11) is 0. The molecule has 1 aromatic carbocycles. The van der Waals surface area contributed by atoms with Gasteiger partial charge in [-0.25, -0.2) is 4.79 Å². The first-order valence-electron chi connectivity index (χ1n) is 10.2. The van der Waals surface area contributed by atoms with Crippen molar-refractivity contribution in [3.05, 3.63) is 29.8 Å². The molecule has 1 fully saturated rings. The van der Waals surface area contributed by atoms with E-state index in [1.165, 1.54) is 5.56 Å². The Bertz CT molecular complexity index is 629. The first-order chi connectivity index (χ1) is 13.3. The summed E-state index contributed by atoms with van der Waals surface area (Å²) in [5.74, 6) is 0.993. The van der Waals surface area contributed by atoms with Gasteiger partial charge in [-0.2, -0.15) is 0 Å². The number of benzene rings is 1. The number of nitrogens with zero attached hydrogens (tertiary/aromatic N) is 1. The molecule has 1 saturated heterocycles. The Hall–Kier alpha value is -2.24. The van der Waals surface area contributed by atoms with Crippen molar-refractivity contribution in [2.45, 2.75) is 64.8 Å². The minimum atomic E-state index is -0.375. The molecule has 1 aliphatic rings. The third kappa shape index (κ3) is 7.06. The minimum Gasteiger partial charge on any atom is -0.494 e. The number of piperidine rings is 1. The van der Waals surface area contributed by atoms with Crippen LogP contribution in [0, 0.1) is 0 Å². The average Bonchev–Trinajstić information content (AvgIpc) is 2.65. The zero-order valence-corrected chi connectivity index (χ0v) is 17.6. The smallest absolute Gasteiger partial charge is 0.407 e. The first-order valence-corrected chi connectivity index (χ1v) is 10.2. The highest BCUT2D eigenvalue weighted by atomic mass is 16.5. The van der Waals surface area contributed by atoms with Crippen LogP contribution in [-0.2, 0) is 14.9 Å². The molecule has 0 atom stereocenters. The number of likely N-dealkylation sites (tertiary alicyclic amines) is 1. The summed E-state index contributed by atoms with van der Waals surface area (Å²) < 4.78 is 10.7. The zero-order valence-electron chi connectivity index (χ0n) is 17.6. The highest BCUT2D eigenvalue weighted by Crippen LogP contribution is 2.24. The highest BCUT2D eigenvalue weighted by molar-refractivity contribution is 5.76. The summed E-state index contributed by atoms with van der Waals surface area (Å²) >= 11 is 0. The fourth-order valence-electron chi connectivity index (χ4n) is 3.24. The SMILES string of the molecule is CCOC(=O)NC1CCN(C(=O)CCCOc2ccc(C(C)(C)C)cc2)CC1. The second-order valence-electron chi connectivity index (χ2n) is 8.25. The quantitative estimate of drug-likeness (QED) is 0.718. The molecule has 156 valence electrons. The van der Waals surface area contributed by atoms with Crippen LogP contribution in [0.2, 0.25) is 0 Å². The van der Waals surface area contributed by atoms with Crippen LogP contribution in [0.4, 0.5) is 4.79 Å². The molecule has 1 heterocycles. The van der Waals surface area contributed by atoms with Gasteiger partial charge in [0, 0.05) is 25.6 Å². The van der Waals surface area contributed by atoms with Crippen molar-refractivity contribution >= 4 is 12.0 Å². The van der Waals surface area contributed by atoms with E-state index >= 15 is 0 Å². The molecule has 28 heavy (non-hydrogen) atoms. The second-order valence-corrected chi connectivity index (χ2v) is 8.25. The van der Waals surface area contributed by atoms with Gasteiger partial charge in [-0.1, -0.05) is 32.9 Å². The predicted molar refractivity (Wildman–Crippen MR) is 110 cm³/mol. The van der Waals surface area contributed by atoms with Gasteiger partial charge in [-0.3, -0.25) is 4.79 Å². The number of rotatable bonds is 7. The van der Waals surface area contributed by atoms with E-state index in [2.05, 4.69) is 38.2 Å². The number of amides is 2. The molecule has 0 aliphatic carbocycles. The minimum absolute atomic E-state index is 0.0857. The van der Waals surface area contributed by atoms with Crippen LogP contribution in [0.3, 0.4) is 0 Å². The molecule has 2 amide bonds. The second kappa shape index (κ2) is 10.3. The number of hydrogen-bond donors (Lipinski definition) is 1. The van der Waals surface area contributed by atoms with Crippen molar-refractivity contribution in [1.82, 2.24) is 10.2 Å². The van der Waals surface area contributed by atoms with Crippen LogP contribution >= 0.6 is 0 Å². The van der Waals surface area contributed by atoms with Gasteiger partial charge in [0.05, 0.1) is 13.2 Å². The van der Waals surface area contributed by atoms with Gasteiger partial charge < -0.3 is 19.7 Å². The Morgan fingerprint density at radius 3 is 2.36 bits per heavy atom. The standard InChI is InChI=1S/C22H34N2O4/c1-5-27-21(26)23-18-12-14-24(15-13-18)20(25)7-6-16-28-19-10-8-17(9-11-19)22(2,3)4/h8-11,18H,5-7,12-16H2,1-4H3,(H,23,26). The molecule has 1 aliphatic heterocycles. The Morgan fingerprint density at radius 1 is 1.14 bits per heavy atom. The molecule has 0 aromatic heterocycles. The van der Waals surface area contributed by atoms with E-state index in [1.807, 2.05) is 17.0 Å². The van der Waals surface area contributed by atoms with Crippen molar-refractivity contribution in [3.63, 3.8) is 0 Å². The van der Waals surface area contributed by atoms with Gasteiger partial charge in [0.2, 0.25) is 5.91 Å². The maximum atomic E-state index is 12.4. The number of carbonyl (C=O) groups excluding carboxylic acids is 2. The van der Waals surface area contributed by atoms with Gasteiger partial charge in [0.25, 0.3) is 0 Å². The molecular formula is C22H34N2O4. The van der Waals surface area contributed by atoms with Gasteiger partial charge in [-0.05, 0) is 49.3 Å². The van der Waals surface area contributed by atoms with Gasteiger partial charge in [-0.15, -0.1) is 0 Å². The van der Waals surface area contributed by atoms with Gasteiger partial charge >= 0.3 is 6.09 Å². The molecule has 0 saturated carbocycles. The number of ether oxygens (including phenoxy) is 2. The summed E-state index contributed by atoms with van der Waals surface area (Å²) in [6.45, 7) is 10.6. The molecule has 6 heteroatoms. The molecule has 0 bridgehead atoms. The van der Waals surface area contributed by atoms with Crippen LogP contribution < -0.4 is 10.1 Å². The lowest BCUT2D eigenvalue weighted by Crippen LogP contribution is -2.46. The molecule has 0 spiro atoms. The predicted octanol–water partition coefficient (Wildman–Crippen LogP) is 3.88. The Morgan fingerprint density at radius 2 is 1.79 bits per heavy atom. The van der Waals surface area contributed by atoms with Crippen molar-refractivity contribution < 1.29 is 19.1 Å². The number of hydrogen-bond acceptors (Lipinski definition) is 4. The van der Waals surface area contributed by atoms with Gasteiger partial charge in [0.1, 0.15) is 5.75 Å². The third-order valence-corrected chi connectivity index (χ3v) is 4.97. The van der Waals surface area contributed by atoms with E-state index in [1.54, 1.807) is 6.92 Å². The van der Waals surface area contributed by atoms with Crippen LogP contribution in [-0.4, -0.2) is 49.2 Å². The fraction of sp³-hybridized carbons (Fsp3) is 0.636. The third-order valence-electron chi connectivity index (χ3n) is 4.97. The highest BCUT2D eigenvalue weighted by Gasteiger charge is 2.23. The lowest BCUT2D eigenvalue weighted by Gasteiger charge is -2.32. The van der Waals surface area contributed by atoms with E-state index in [0.29, 0.717) is 39.1 Å². The molecule has 1 aromatic rings. The normalized spacial score (nSPS) is 15.2. The maximum Gasteiger partial charge on any atom is 0.407 e. The van der Waals surface area contributed by atoms with E-state index in [9.17, 15) is 9.59 Å². The molecule has 0 radical (unpaired) electrons. The zero-order chi connectivity index (χ0) is 20.6. The fourth-order valence-corrected chi connectivity index (χ4v) is 3.24. The van der Waals surface area contributed by atoms with E-state index in [4.69, 9.17) is 9.47 Å². The largest absolute Gasteiger partial charge is 0.494 e. The van der Waals surface area contributed by atoms with Crippen molar-refractivity contribution in [2.75, 3.05) is 26.3 Å². The maximum absolute atomic E-state index is 12.4. The van der Waals surface area contributed by atoms with Crippen LogP contribution in [0.5, 0.6) is 5.75 Å². The summed E-state index contributed by atoms with van der Waals surface area (Å²) in [5, 5.41) is 2.84. The summed E-state index contributed by atoms with van der Waals surface area (Å²) in [4.78, 5) is 25.7. The molecule has 6 nitrogen and oxygen atoms in total. The number of alkyl carbamates (subject to hydrolysis) is 1. The Balaban J connectivity index is 1.63. The number of carbonyl (C=O) groups is 2. The Labute approximate surface area is 168 Å². The van der Waals surface area contributed by atoms with E-state index < -0.39 is 0 Å². The van der Waals surface area contributed by atoms with Crippen molar-refractivity contribution in [1.29, 1.82) is 0 Å². The lowest BCUT2D eigenvalue weighted by molar-refractivity contribution is -0.132. The average molecular weight is 391 g/mol. The van der Waals surface area contributed by atoms with Crippen LogP contribution in [0.1, 0.15) is 58.9 Å². The summed E-state index contributed by atoms with van der Waals surface area (Å²) in [6, 6.07) is 8.25. The van der Waals surface area contributed by atoms with Crippen LogP contribution in [0.25, 0.3) is 0 Å².